The molecule has 2 rings (SSSR count). The van der Waals surface area contributed by atoms with Crippen molar-refractivity contribution in [2.75, 3.05) is 13.2 Å². The lowest BCUT2D eigenvalue weighted by Crippen LogP contribution is -2.47. The summed E-state index contributed by atoms with van der Waals surface area (Å²) in [6, 6.07) is 0. The Kier molecular flexibility index (Phi) is 27.4. The van der Waals surface area contributed by atoms with Crippen molar-refractivity contribution in [3.05, 3.63) is 0 Å². The molecule has 288 valence electrons. The second-order valence-corrected chi connectivity index (χ2v) is 15.9. The molecule has 0 amide bonds. The Morgan fingerprint density at radius 2 is 0.816 bits per heavy atom. The van der Waals surface area contributed by atoms with Crippen LogP contribution in [-0.2, 0) is 23.8 Å². The maximum atomic E-state index is 13.2. The molecule has 0 spiro atoms. The minimum atomic E-state index is -1.11. The topological polar surface area (TPSA) is 61.8 Å². The third-order valence-corrected chi connectivity index (χ3v) is 11.4. The van der Waals surface area contributed by atoms with E-state index in [0.717, 1.165) is 32.1 Å². The summed E-state index contributed by atoms with van der Waals surface area (Å²) in [5.41, 5.74) is -1.11. The lowest BCUT2D eigenvalue weighted by molar-refractivity contribution is -0.176. The number of ether oxygens (including phenoxy) is 3. The molecule has 5 nitrogen and oxygen atoms in total. The van der Waals surface area contributed by atoms with Gasteiger partial charge in [0, 0.05) is 0 Å². The highest BCUT2D eigenvalue weighted by molar-refractivity contribution is 5.89. The van der Waals surface area contributed by atoms with E-state index in [1.54, 1.807) is 0 Å². The second-order valence-electron chi connectivity index (χ2n) is 15.9. The van der Waals surface area contributed by atoms with Gasteiger partial charge in [-0.15, -0.1) is 0 Å². The first-order valence-electron chi connectivity index (χ1n) is 22.2. The smallest absolute Gasteiger partial charge is 0.339 e. The van der Waals surface area contributed by atoms with Crippen LogP contribution >= 0.6 is 0 Å². The quantitative estimate of drug-likeness (QED) is 0.0484. The number of unbranched alkanes of at least 4 members (excludes halogenated alkanes) is 30. The Balaban J connectivity index is 1.40. The number of hydrogen-bond donors (Lipinski definition) is 0. The zero-order chi connectivity index (χ0) is 35.1. The summed E-state index contributed by atoms with van der Waals surface area (Å²) >= 11 is 0. The Labute approximate surface area is 304 Å². The Bertz CT molecular complexity index is 783. The van der Waals surface area contributed by atoms with Crippen molar-refractivity contribution in [1.82, 2.24) is 0 Å². The van der Waals surface area contributed by atoms with Crippen LogP contribution in [-0.4, -0.2) is 36.9 Å². The van der Waals surface area contributed by atoms with E-state index in [1.165, 1.54) is 180 Å². The van der Waals surface area contributed by atoms with Gasteiger partial charge < -0.3 is 14.2 Å². The molecule has 0 N–H and O–H groups in total. The molecule has 0 aromatic rings. The molecule has 0 aromatic heterocycles. The molecule has 2 aliphatic heterocycles. The van der Waals surface area contributed by atoms with E-state index in [1.807, 2.05) is 0 Å². The average Bonchev–Trinajstić information content (AvgIpc) is 3.71. The summed E-state index contributed by atoms with van der Waals surface area (Å²) < 4.78 is 17.5. The van der Waals surface area contributed by atoms with Gasteiger partial charge in [-0.3, -0.25) is 4.79 Å². The minimum absolute atomic E-state index is 0.0174. The largest absolute Gasteiger partial charge is 0.465 e. The molecule has 2 bridgehead atoms. The fourth-order valence-corrected chi connectivity index (χ4v) is 8.11. The molecule has 2 fully saturated rings. The molecule has 2 saturated heterocycles. The van der Waals surface area contributed by atoms with E-state index in [-0.39, 0.29) is 18.0 Å². The van der Waals surface area contributed by atoms with Crippen LogP contribution in [0.5, 0.6) is 0 Å². The lowest BCUT2D eigenvalue weighted by atomic mass is 9.78. The first-order chi connectivity index (χ1) is 24.1. The molecular formula is C44H82O5. The van der Waals surface area contributed by atoms with Crippen LogP contribution in [0.15, 0.2) is 0 Å². The molecule has 2 heterocycles. The minimum Gasteiger partial charge on any atom is -0.465 e. The first kappa shape index (κ1) is 44.1. The molecule has 49 heavy (non-hydrogen) atoms. The summed E-state index contributed by atoms with van der Waals surface area (Å²) in [4.78, 5) is 26.2. The van der Waals surface area contributed by atoms with Gasteiger partial charge in [0.2, 0.25) is 0 Å². The summed E-state index contributed by atoms with van der Waals surface area (Å²) in [5, 5.41) is 0. The molecular weight excluding hydrogens is 608 g/mol. The van der Waals surface area contributed by atoms with Crippen LogP contribution in [0, 0.1) is 5.92 Å². The van der Waals surface area contributed by atoms with E-state index in [9.17, 15) is 9.59 Å². The highest BCUT2D eigenvalue weighted by Gasteiger charge is 2.62. The van der Waals surface area contributed by atoms with Crippen molar-refractivity contribution in [1.29, 1.82) is 0 Å². The Hall–Kier alpha value is -1.10. The van der Waals surface area contributed by atoms with Crippen LogP contribution in [0.25, 0.3) is 0 Å². The van der Waals surface area contributed by atoms with Gasteiger partial charge in [-0.25, -0.2) is 4.79 Å². The highest BCUT2D eigenvalue weighted by atomic mass is 16.6. The summed E-state index contributed by atoms with van der Waals surface area (Å²) in [7, 11) is 0. The number of esters is 2. The van der Waals surface area contributed by atoms with Gasteiger partial charge in [0.15, 0.2) is 5.60 Å². The molecule has 5 heteroatoms. The Morgan fingerprint density at radius 1 is 0.490 bits per heavy atom. The number of hydrogen-bond acceptors (Lipinski definition) is 5. The van der Waals surface area contributed by atoms with E-state index in [2.05, 4.69) is 13.8 Å². The van der Waals surface area contributed by atoms with Crippen molar-refractivity contribution >= 4 is 11.9 Å². The van der Waals surface area contributed by atoms with Crippen LogP contribution in [0.2, 0.25) is 0 Å². The number of carbonyl (C=O) groups is 2. The van der Waals surface area contributed by atoms with E-state index >= 15 is 0 Å². The van der Waals surface area contributed by atoms with Crippen LogP contribution < -0.4 is 0 Å². The summed E-state index contributed by atoms with van der Waals surface area (Å²) in [5.74, 6) is -1.11. The van der Waals surface area contributed by atoms with Crippen molar-refractivity contribution < 1.29 is 23.8 Å². The van der Waals surface area contributed by atoms with Crippen molar-refractivity contribution in [2.24, 2.45) is 5.92 Å². The van der Waals surface area contributed by atoms with Gasteiger partial charge >= 0.3 is 11.9 Å². The zero-order valence-corrected chi connectivity index (χ0v) is 32.9. The van der Waals surface area contributed by atoms with Crippen LogP contribution in [0.1, 0.15) is 239 Å². The molecule has 3 atom stereocenters. The molecule has 2 aliphatic rings. The first-order valence-corrected chi connectivity index (χ1v) is 22.2. The fraction of sp³-hybridized carbons (Fsp3) is 0.955. The van der Waals surface area contributed by atoms with E-state index in [0.29, 0.717) is 26.1 Å². The number of fused-ring (bicyclic) bond motifs is 2. The van der Waals surface area contributed by atoms with Crippen LogP contribution in [0.4, 0.5) is 0 Å². The van der Waals surface area contributed by atoms with Gasteiger partial charge in [0.25, 0.3) is 0 Å². The molecule has 0 aliphatic carbocycles. The Morgan fingerprint density at radius 3 is 1.16 bits per heavy atom. The number of carbonyl (C=O) groups excluding carboxylic acids is 2. The normalized spacial score (nSPS) is 19.9. The maximum absolute atomic E-state index is 13.2. The monoisotopic (exact) mass is 691 g/mol. The second kappa shape index (κ2) is 30.5. The van der Waals surface area contributed by atoms with Gasteiger partial charge in [0.05, 0.1) is 25.2 Å². The molecule has 3 unspecified atom stereocenters. The predicted molar refractivity (Wildman–Crippen MR) is 206 cm³/mol. The van der Waals surface area contributed by atoms with Crippen LogP contribution in [0.3, 0.4) is 0 Å². The SMILES string of the molecule is CCCCCCCCCCCCCCCCCCOC(=O)C1CC2CCC1(C(=O)OCCCCCCCCCCCCCCCCCC)O2. The van der Waals surface area contributed by atoms with Gasteiger partial charge in [-0.05, 0) is 32.1 Å². The average molecular weight is 691 g/mol. The molecule has 0 saturated carbocycles. The van der Waals surface area contributed by atoms with E-state index < -0.39 is 11.5 Å². The third-order valence-electron chi connectivity index (χ3n) is 11.4. The summed E-state index contributed by atoms with van der Waals surface area (Å²) in [6.07, 6.45) is 44.3. The van der Waals surface area contributed by atoms with Crippen molar-refractivity contribution in [2.45, 2.75) is 250 Å². The van der Waals surface area contributed by atoms with Crippen molar-refractivity contribution in [3.63, 3.8) is 0 Å². The molecule has 0 aromatic carbocycles. The van der Waals surface area contributed by atoms with Gasteiger partial charge in [-0.2, -0.15) is 0 Å². The van der Waals surface area contributed by atoms with Gasteiger partial charge in [-0.1, -0.05) is 206 Å². The van der Waals surface area contributed by atoms with Gasteiger partial charge in [0.1, 0.15) is 0 Å². The van der Waals surface area contributed by atoms with Crippen molar-refractivity contribution in [3.8, 4) is 0 Å². The number of rotatable bonds is 36. The molecule has 0 radical (unpaired) electrons. The third kappa shape index (κ3) is 20.5. The highest BCUT2D eigenvalue weighted by Crippen LogP contribution is 2.49. The summed E-state index contributed by atoms with van der Waals surface area (Å²) in [6.45, 7) is 5.44. The lowest BCUT2D eigenvalue weighted by Gasteiger charge is -2.29. The predicted octanol–water partition coefficient (Wildman–Crippen LogP) is 13.5. The fourth-order valence-electron chi connectivity index (χ4n) is 8.11. The van der Waals surface area contributed by atoms with E-state index in [4.69, 9.17) is 14.2 Å². The zero-order valence-electron chi connectivity index (χ0n) is 32.9. The maximum Gasteiger partial charge on any atom is 0.339 e. The standard InChI is InChI=1S/C44H82O5/c1-3-5-7-9-11-13-15-17-19-21-23-25-27-29-31-33-37-47-42(45)41-39-40-35-36-44(41,49-40)43(46)48-38-34-32-30-28-26-24-22-20-18-16-14-12-10-8-6-4-2/h40-41H,3-39H2,1-2H3.